The molecule has 29 heavy (non-hydrogen) atoms. The van der Waals surface area contributed by atoms with Crippen LogP contribution in [0.1, 0.15) is 53.4 Å². The van der Waals surface area contributed by atoms with Gasteiger partial charge in [0.1, 0.15) is 17.9 Å². The third kappa shape index (κ3) is 7.87. The van der Waals surface area contributed by atoms with Crippen LogP contribution < -0.4 is 10.4 Å². The molecule has 0 spiro atoms. The van der Waals surface area contributed by atoms with E-state index in [1.807, 2.05) is 18.2 Å². The first-order chi connectivity index (χ1) is 13.6. The zero-order valence-corrected chi connectivity index (χ0v) is 17.8. The van der Waals surface area contributed by atoms with E-state index in [2.05, 4.69) is 19.9 Å². The summed E-state index contributed by atoms with van der Waals surface area (Å²) in [6.45, 7) is 7.83. The molecule has 0 saturated carbocycles. The summed E-state index contributed by atoms with van der Waals surface area (Å²) in [5.41, 5.74) is 1.54. The molecule has 0 unspecified atom stereocenters. The van der Waals surface area contributed by atoms with Gasteiger partial charge in [-0.15, -0.1) is 0 Å². The Bertz CT molecular complexity index is 915. The maximum Gasteiger partial charge on any atom is 0.336 e. The van der Waals surface area contributed by atoms with Crippen LogP contribution in [0, 0.1) is 0 Å². The first kappa shape index (κ1) is 22.9. The van der Waals surface area contributed by atoms with Crippen LogP contribution in [0.15, 0.2) is 62.8 Å². The van der Waals surface area contributed by atoms with Crippen LogP contribution in [0.25, 0.3) is 11.0 Å². The van der Waals surface area contributed by atoms with Crippen LogP contribution in [0.5, 0.6) is 5.75 Å². The lowest BCUT2D eigenvalue weighted by Crippen LogP contribution is -2.35. The molecular formula is C24H32O5. The highest BCUT2D eigenvalue weighted by atomic mass is 16.5. The molecule has 1 aromatic heterocycles. The van der Waals surface area contributed by atoms with Crippen LogP contribution in [0.2, 0.25) is 0 Å². The van der Waals surface area contributed by atoms with Crippen molar-refractivity contribution in [3.05, 3.63) is 64.1 Å². The van der Waals surface area contributed by atoms with Crippen molar-refractivity contribution in [1.82, 2.24) is 0 Å². The van der Waals surface area contributed by atoms with E-state index in [-0.39, 0.29) is 5.63 Å². The van der Waals surface area contributed by atoms with Crippen molar-refractivity contribution in [2.24, 2.45) is 0 Å². The lowest BCUT2D eigenvalue weighted by molar-refractivity contribution is -0.0509. The molecule has 0 aliphatic heterocycles. The first-order valence-corrected chi connectivity index (χ1v) is 10.0. The lowest BCUT2D eigenvalue weighted by Gasteiger charge is -2.24. The van der Waals surface area contributed by atoms with Gasteiger partial charge in [0.2, 0.25) is 0 Å². The van der Waals surface area contributed by atoms with Crippen molar-refractivity contribution in [1.29, 1.82) is 0 Å². The average Bonchev–Trinajstić information content (AvgIpc) is 2.65. The van der Waals surface area contributed by atoms with Crippen molar-refractivity contribution in [2.75, 3.05) is 6.61 Å². The number of ether oxygens (including phenoxy) is 1. The van der Waals surface area contributed by atoms with Crippen LogP contribution in [-0.2, 0) is 0 Å². The summed E-state index contributed by atoms with van der Waals surface area (Å²) in [5.74, 6) is 0.664. The van der Waals surface area contributed by atoms with Gasteiger partial charge in [-0.1, -0.05) is 17.2 Å². The molecule has 5 heteroatoms. The van der Waals surface area contributed by atoms with Crippen molar-refractivity contribution >= 4 is 11.0 Å². The van der Waals surface area contributed by atoms with Gasteiger partial charge in [-0.2, -0.15) is 0 Å². The Morgan fingerprint density at radius 2 is 1.83 bits per heavy atom. The van der Waals surface area contributed by atoms with Gasteiger partial charge >= 0.3 is 5.63 Å². The number of hydrogen-bond acceptors (Lipinski definition) is 5. The van der Waals surface area contributed by atoms with Gasteiger partial charge < -0.3 is 19.4 Å². The molecule has 2 aromatic rings. The quantitative estimate of drug-likeness (QED) is 0.444. The molecule has 0 radical (unpaired) electrons. The Kier molecular flexibility index (Phi) is 8.23. The van der Waals surface area contributed by atoms with Gasteiger partial charge in [-0.3, -0.25) is 0 Å². The molecule has 2 rings (SSSR count). The summed E-state index contributed by atoms with van der Waals surface area (Å²) in [4.78, 5) is 11.3. The largest absolute Gasteiger partial charge is 0.489 e. The molecule has 2 N–H and O–H groups in total. The van der Waals surface area contributed by atoms with E-state index in [0.717, 1.165) is 24.6 Å². The van der Waals surface area contributed by atoms with Gasteiger partial charge in [0.25, 0.3) is 0 Å². The molecule has 158 valence electrons. The minimum Gasteiger partial charge on any atom is -0.489 e. The number of aliphatic hydroxyl groups is 2. The van der Waals surface area contributed by atoms with E-state index in [9.17, 15) is 15.0 Å². The minimum atomic E-state index is -1.06. The van der Waals surface area contributed by atoms with Crippen LogP contribution in [0.4, 0.5) is 0 Å². The molecule has 0 aliphatic rings. The number of allylic oxidation sites excluding steroid dienone is 3. The predicted molar refractivity (Wildman–Crippen MR) is 116 cm³/mol. The maximum atomic E-state index is 11.3. The van der Waals surface area contributed by atoms with Crippen LogP contribution in [0.3, 0.4) is 0 Å². The third-order valence-electron chi connectivity index (χ3n) is 4.94. The Hall–Kier alpha value is -2.37. The average molecular weight is 401 g/mol. The fourth-order valence-electron chi connectivity index (χ4n) is 2.88. The topological polar surface area (TPSA) is 79.9 Å². The second-order valence-corrected chi connectivity index (χ2v) is 8.11. The molecule has 1 atom stereocenters. The van der Waals surface area contributed by atoms with Crippen molar-refractivity contribution in [3.8, 4) is 5.75 Å². The van der Waals surface area contributed by atoms with Gasteiger partial charge in [-0.25, -0.2) is 4.79 Å². The molecule has 1 aromatic carbocycles. The van der Waals surface area contributed by atoms with Gasteiger partial charge in [-0.05, 0) is 77.7 Å². The van der Waals surface area contributed by atoms with E-state index in [0.29, 0.717) is 24.4 Å². The monoisotopic (exact) mass is 400 g/mol. The molecule has 1 heterocycles. The second-order valence-electron chi connectivity index (χ2n) is 8.11. The number of hydrogen-bond donors (Lipinski definition) is 2. The number of fused-ring (bicyclic) bond motifs is 1. The summed E-state index contributed by atoms with van der Waals surface area (Å²) in [7, 11) is 0. The molecule has 0 bridgehead atoms. The Morgan fingerprint density at radius 3 is 2.55 bits per heavy atom. The summed E-state index contributed by atoms with van der Waals surface area (Å²) in [5, 5.41) is 20.5. The lowest BCUT2D eigenvalue weighted by atomic mass is 9.95. The normalized spacial score (nSPS) is 14.3. The van der Waals surface area contributed by atoms with E-state index in [1.165, 1.54) is 17.2 Å². The van der Waals surface area contributed by atoms with E-state index < -0.39 is 11.7 Å². The number of rotatable bonds is 10. The van der Waals surface area contributed by atoms with Gasteiger partial charge in [0.15, 0.2) is 0 Å². The SMILES string of the molecule is CC(=CCOc1ccc2ccc(=O)oc2c1)CCC=C(C)CC[C@@H](O)C(C)(C)O. The zero-order valence-electron chi connectivity index (χ0n) is 17.8. The highest BCUT2D eigenvalue weighted by Crippen LogP contribution is 2.20. The fraction of sp³-hybridized carbons (Fsp3) is 0.458. The van der Waals surface area contributed by atoms with Gasteiger partial charge in [0.05, 0.1) is 11.7 Å². The molecule has 0 fully saturated rings. The highest BCUT2D eigenvalue weighted by molar-refractivity contribution is 5.77. The van der Waals surface area contributed by atoms with E-state index >= 15 is 0 Å². The van der Waals surface area contributed by atoms with Crippen LogP contribution in [-0.4, -0.2) is 28.5 Å². The first-order valence-electron chi connectivity index (χ1n) is 10.0. The summed E-state index contributed by atoms with van der Waals surface area (Å²) in [6, 6.07) is 8.59. The highest BCUT2D eigenvalue weighted by Gasteiger charge is 2.23. The summed E-state index contributed by atoms with van der Waals surface area (Å²) < 4.78 is 10.9. The predicted octanol–water partition coefficient (Wildman–Crippen LogP) is 4.76. The van der Waals surface area contributed by atoms with Gasteiger partial charge in [0, 0.05) is 17.5 Å². The smallest absolute Gasteiger partial charge is 0.336 e. The van der Waals surface area contributed by atoms with Crippen LogP contribution >= 0.6 is 0 Å². The summed E-state index contributed by atoms with van der Waals surface area (Å²) in [6.07, 6.45) is 6.70. The molecule has 0 amide bonds. The number of benzene rings is 1. The van der Waals surface area contributed by atoms with E-state index in [4.69, 9.17) is 9.15 Å². The summed E-state index contributed by atoms with van der Waals surface area (Å²) >= 11 is 0. The Labute approximate surface area is 172 Å². The maximum absolute atomic E-state index is 11.3. The molecule has 5 nitrogen and oxygen atoms in total. The number of aliphatic hydroxyl groups excluding tert-OH is 1. The Morgan fingerprint density at radius 1 is 1.14 bits per heavy atom. The minimum absolute atomic E-state index is 0.372. The van der Waals surface area contributed by atoms with E-state index in [1.54, 1.807) is 26.0 Å². The van der Waals surface area contributed by atoms with Crippen molar-refractivity contribution in [2.45, 2.75) is 65.1 Å². The fourth-order valence-corrected chi connectivity index (χ4v) is 2.88. The second kappa shape index (κ2) is 10.4. The van der Waals surface area contributed by atoms with Crippen molar-refractivity contribution in [3.63, 3.8) is 0 Å². The third-order valence-corrected chi connectivity index (χ3v) is 4.94. The zero-order chi connectivity index (χ0) is 21.4. The van der Waals surface area contributed by atoms with Crippen molar-refractivity contribution < 1.29 is 19.4 Å². The standard InChI is InChI=1S/C24H32O5/c1-17(8-12-22(25)24(3,4)27)6-5-7-18(2)14-15-28-20-11-9-19-10-13-23(26)29-21(19)16-20/h6,9-11,13-14,16,22,25,27H,5,7-8,12,15H2,1-4H3/t22-/m1/s1. The molecule has 0 aliphatic carbocycles. The molecular weight excluding hydrogens is 368 g/mol. The molecule has 0 saturated heterocycles. The Balaban J connectivity index is 1.76.